The number of hydrogen-bond acceptors (Lipinski definition) is 5. The quantitative estimate of drug-likeness (QED) is 0.921. The van der Waals surface area contributed by atoms with Crippen LogP contribution in [-0.4, -0.2) is 30.9 Å². The van der Waals surface area contributed by atoms with E-state index in [1.54, 1.807) is 22.7 Å². The van der Waals surface area contributed by atoms with Crippen LogP contribution in [0.5, 0.6) is 0 Å². The van der Waals surface area contributed by atoms with E-state index >= 15 is 0 Å². The Balaban J connectivity index is 1.38. The minimum Gasteiger partial charge on any atom is -0.349 e. The van der Waals surface area contributed by atoms with Crippen molar-refractivity contribution in [3.8, 4) is 0 Å². The van der Waals surface area contributed by atoms with Gasteiger partial charge in [0.1, 0.15) is 0 Å². The maximum Gasteiger partial charge on any atom is 0.261 e. The van der Waals surface area contributed by atoms with E-state index in [1.165, 1.54) is 9.40 Å². The molecule has 1 saturated carbocycles. The van der Waals surface area contributed by atoms with Crippen molar-refractivity contribution in [2.75, 3.05) is 13.2 Å². The normalized spacial score (nSPS) is 22.1. The summed E-state index contributed by atoms with van der Waals surface area (Å²) in [6, 6.07) is 4.30. The summed E-state index contributed by atoms with van der Waals surface area (Å²) in [5.74, 6) is -0.301. The monoisotopic (exact) mass is 323 g/mol. The zero-order valence-corrected chi connectivity index (χ0v) is 13.2. The number of amides is 1. The summed E-state index contributed by atoms with van der Waals surface area (Å²) in [5, 5.41) is 5.22. The van der Waals surface area contributed by atoms with Crippen LogP contribution < -0.4 is 5.32 Å². The molecule has 0 bridgehead atoms. The minimum atomic E-state index is -0.354. The van der Waals surface area contributed by atoms with Crippen LogP contribution in [0, 0.1) is 0 Å². The van der Waals surface area contributed by atoms with Crippen LogP contribution in [0.4, 0.5) is 0 Å². The highest BCUT2D eigenvalue weighted by Crippen LogP contribution is 2.36. The first kappa shape index (κ1) is 13.7. The molecule has 1 aliphatic carbocycles. The van der Waals surface area contributed by atoms with Gasteiger partial charge >= 0.3 is 0 Å². The lowest BCUT2D eigenvalue weighted by atomic mass is 9.90. The first-order valence-corrected chi connectivity index (χ1v) is 9.00. The molecular weight excluding hydrogens is 306 g/mol. The van der Waals surface area contributed by atoms with Crippen LogP contribution in [0.2, 0.25) is 0 Å². The van der Waals surface area contributed by atoms with E-state index in [-0.39, 0.29) is 17.7 Å². The van der Waals surface area contributed by atoms with Gasteiger partial charge in [-0.2, -0.15) is 0 Å². The molecule has 112 valence electrons. The van der Waals surface area contributed by atoms with Gasteiger partial charge in [-0.15, -0.1) is 22.7 Å². The first-order valence-electron chi connectivity index (χ1n) is 7.30. The Kier molecular flexibility index (Phi) is 3.49. The molecule has 2 aliphatic rings. The van der Waals surface area contributed by atoms with Crippen molar-refractivity contribution >= 4 is 38.0 Å². The summed E-state index contributed by atoms with van der Waals surface area (Å²) < 4.78 is 13.8. The molecular formula is C15H17NO3S2. The molecule has 1 N–H and O–H groups in total. The van der Waals surface area contributed by atoms with E-state index in [9.17, 15) is 4.79 Å². The van der Waals surface area contributed by atoms with Gasteiger partial charge in [-0.3, -0.25) is 4.79 Å². The van der Waals surface area contributed by atoms with Gasteiger partial charge in [-0.1, -0.05) is 0 Å². The average Bonchev–Trinajstić information content (AvgIpc) is 3.17. The van der Waals surface area contributed by atoms with E-state index in [0.29, 0.717) is 13.2 Å². The van der Waals surface area contributed by atoms with E-state index in [4.69, 9.17) is 9.47 Å². The van der Waals surface area contributed by atoms with Crippen molar-refractivity contribution in [2.45, 2.75) is 37.5 Å². The van der Waals surface area contributed by atoms with Gasteiger partial charge in [0.2, 0.25) is 0 Å². The molecule has 0 radical (unpaired) electrons. The summed E-state index contributed by atoms with van der Waals surface area (Å²) in [6.45, 7) is 1.39. The second-order valence-corrected chi connectivity index (χ2v) is 7.65. The molecule has 1 spiro atoms. The number of fused-ring (bicyclic) bond motifs is 1. The molecule has 0 unspecified atom stereocenters. The predicted octanol–water partition coefficient (Wildman–Crippen LogP) is 3.38. The fraction of sp³-hybridized carbons (Fsp3) is 0.533. The smallest absolute Gasteiger partial charge is 0.261 e. The van der Waals surface area contributed by atoms with Gasteiger partial charge in [-0.25, -0.2) is 0 Å². The molecule has 1 saturated heterocycles. The Hall–Kier alpha value is -0.950. The van der Waals surface area contributed by atoms with E-state index < -0.39 is 0 Å². The standard InChI is InChI=1S/C15H17NO3S2/c17-14(13-9-12-11(21-13)3-8-20-12)16-10-1-4-15(5-2-10)18-6-7-19-15/h3,8-10H,1-2,4-7H2,(H,16,17). The predicted molar refractivity (Wildman–Crippen MR) is 84.1 cm³/mol. The number of thiophene rings is 2. The maximum absolute atomic E-state index is 12.3. The van der Waals surface area contributed by atoms with Crippen LogP contribution in [0.25, 0.3) is 9.40 Å². The highest BCUT2D eigenvalue weighted by Gasteiger charge is 2.40. The Morgan fingerprint density at radius 2 is 2.00 bits per heavy atom. The third-order valence-electron chi connectivity index (χ3n) is 4.26. The highest BCUT2D eigenvalue weighted by atomic mass is 32.1. The second kappa shape index (κ2) is 5.35. The number of nitrogens with one attached hydrogen (secondary N) is 1. The topological polar surface area (TPSA) is 47.6 Å². The molecule has 2 aromatic heterocycles. The van der Waals surface area contributed by atoms with Crippen LogP contribution >= 0.6 is 22.7 Å². The molecule has 4 rings (SSSR count). The summed E-state index contributed by atoms with van der Waals surface area (Å²) in [4.78, 5) is 13.1. The van der Waals surface area contributed by atoms with Crippen molar-refractivity contribution in [3.05, 3.63) is 22.4 Å². The highest BCUT2D eigenvalue weighted by molar-refractivity contribution is 7.27. The zero-order valence-electron chi connectivity index (χ0n) is 11.6. The molecule has 21 heavy (non-hydrogen) atoms. The molecule has 4 nitrogen and oxygen atoms in total. The Bertz CT molecular complexity index is 618. The van der Waals surface area contributed by atoms with Gasteiger partial charge in [0.05, 0.1) is 18.1 Å². The molecule has 3 heterocycles. The minimum absolute atomic E-state index is 0.0533. The van der Waals surface area contributed by atoms with Crippen molar-refractivity contribution in [1.29, 1.82) is 0 Å². The van der Waals surface area contributed by atoms with Crippen molar-refractivity contribution in [3.63, 3.8) is 0 Å². The number of carbonyl (C=O) groups is 1. The Morgan fingerprint density at radius 1 is 1.24 bits per heavy atom. The molecule has 1 aliphatic heterocycles. The fourth-order valence-electron chi connectivity index (χ4n) is 3.12. The largest absolute Gasteiger partial charge is 0.349 e. The van der Waals surface area contributed by atoms with E-state index in [0.717, 1.165) is 30.6 Å². The zero-order chi connectivity index (χ0) is 14.3. The third kappa shape index (κ3) is 2.61. The molecule has 6 heteroatoms. The summed E-state index contributed by atoms with van der Waals surface area (Å²) in [7, 11) is 0. The number of hydrogen-bond donors (Lipinski definition) is 1. The second-order valence-electron chi connectivity index (χ2n) is 5.62. The van der Waals surface area contributed by atoms with Gasteiger partial charge in [-0.05, 0) is 30.4 Å². The van der Waals surface area contributed by atoms with Crippen LogP contribution in [0.3, 0.4) is 0 Å². The van der Waals surface area contributed by atoms with Gasteiger partial charge in [0.25, 0.3) is 5.91 Å². The van der Waals surface area contributed by atoms with Gasteiger partial charge < -0.3 is 14.8 Å². The SMILES string of the molecule is O=C(NC1CCC2(CC1)OCCO2)c1cc2sccc2s1. The van der Waals surface area contributed by atoms with E-state index in [2.05, 4.69) is 16.8 Å². The molecule has 0 aromatic carbocycles. The molecule has 0 atom stereocenters. The first-order chi connectivity index (χ1) is 10.2. The summed E-state index contributed by atoms with van der Waals surface area (Å²) in [6.07, 6.45) is 3.59. The molecule has 1 amide bonds. The average molecular weight is 323 g/mol. The van der Waals surface area contributed by atoms with Crippen LogP contribution in [0.1, 0.15) is 35.4 Å². The summed E-state index contributed by atoms with van der Waals surface area (Å²) >= 11 is 3.25. The van der Waals surface area contributed by atoms with Crippen molar-refractivity contribution in [2.24, 2.45) is 0 Å². The van der Waals surface area contributed by atoms with Crippen molar-refractivity contribution < 1.29 is 14.3 Å². The lowest BCUT2D eigenvalue weighted by molar-refractivity contribution is -0.179. The lowest BCUT2D eigenvalue weighted by Crippen LogP contribution is -2.43. The van der Waals surface area contributed by atoms with Gasteiger partial charge in [0.15, 0.2) is 5.79 Å². The molecule has 2 fully saturated rings. The third-order valence-corrected chi connectivity index (χ3v) is 6.35. The van der Waals surface area contributed by atoms with Gasteiger partial charge in [0, 0.05) is 28.3 Å². The molecule has 2 aromatic rings. The van der Waals surface area contributed by atoms with Crippen LogP contribution in [0.15, 0.2) is 17.5 Å². The Morgan fingerprint density at radius 3 is 2.71 bits per heavy atom. The van der Waals surface area contributed by atoms with Crippen LogP contribution in [-0.2, 0) is 9.47 Å². The number of rotatable bonds is 2. The van der Waals surface area contributed by atoms with Crippen molar-refractivity contribution in [1.82, 2.24) is 5.32 Å². The lowest BCUT2D eigenvalue weighted by Gasteiger charge is -2.35. The van der Waals surface area contributed by atoms with E-state index in [1.807, 2.05) is 6.07 Å². The fourth-order valence-corrected chi connectivity index (χ4v) is 5.13. The Labute approximate surface area is 131 Å². The number of ether oxygens (including phenoxy) is 2. The summed E-state index contributed by atoms with van der Waals surface area (Å²) in [5.41, 5.74) is 0. The number of carbonyl (C=O) groups excluding carboxylic acids is 1. The maximum atomic E-state index is 12.3.